The van der Waals surface area contributed by atoms with Gasteiger partial charge in [0.25, 0.3) is 0 Å². The Kier molecular flexibility index (Phi) is 3.53. The van der Waals surface area contributed by atoms with E-state index in [9.17, 15) is 4.79 Å². The third-order valence-corrected chi connectivity index (χ3v) is 2.76. The maximum absolute atomic E-state index is 11.9. The van der Waals surface area contributed by atoms with Crippen LogP contribution in [0, 0.1) is 6.92 Å². The van der Waals surface area contributed by atoms with E-state index in [0.717, 1.165) is 16.0 Å². The lowest BCUT2D eigenvalue weighted by molar-refractivity contribution is 0.141. The van der Waals surface area contributed by atoms with Crippen LogP contribution >= 0.6 is 11.6 Å². The summed E-state index contributed by atoms with van der Waals surface area (Å²) < 4.78 is 1.11. The molecule has 0 N–H and O–H groups in total. The van der Waals surface area contributed by atoms with Crippen LogP contribution < -0.4 is 9.74 Å². The third-order valence-electron chi connectivity index (χ3n) is 2.49. The van der Waals surface area contributed by atoms with Crippen LogP contribution in [-0.4, -0.2) is 22.9 Å². The number of amides is 1. The Morgan fingerprint density at radius 3 is 2.78 bits per heavy atom. The van der Waals surface area contributed by atoms with Crippen LogP contribution in [0.3, 0.4) is 0 Å². The van der Waals surface area contributed by atoms with Gasteiger partial charge in [0.2, 0.25) is 5.28 Å². The Labute approximate surface area is 110 Å². The van der Waals surface area contributed by atoms with E-state index in [0.29, 0.717) is 0 Å². The van der Waals surface area contributed by atoms with Crippen LogP contribution in [0.2, 0.25) is 5.28 Å². The van der Waals surface area contributed by atoms with Crippen LogP contribution in [-0.2, 0) is 0 Å². The number of rotatable bonds is 2. The van der Waals surface area contributed by atoms with Crippen molar-refractivity contribution in [1.82, 2.24) is 9.71 Å². The molecule has 0 unspecified atom stereocenters. The molecule has 0 aliphatic rings. The standard InChI is InChI=1S/C12H12ClN3O2/c1-9-5-3-4-6-10(9)15(2)12(17)18-16-8-7-14-11(16)13/h3-8H,1-2H3. The summed E-state index contributed by atoms with van der Waals surface area (Å²) in [6.07, 6.45) is 2.37. The molecule has 0 aliphatic heterocycles. The molecule has 0 radical (unpaired) electrons. The quantitative estimate of drug-likeness (QED) is 0.838. The van der Waals surface area contributed by atoms with E-state index >= 15 is 0 Å². The lowest BCUT2D eigenvalue weighted by atomic mass is 10.2. The fraction of sp³-hybridized carbons (Fsp3) is 0.167. The van der Waals surface area contributed by atoms with E-state index in [2.05, 4.69) is 4.98 Å². The van der Waals surface area contributed by atoms with Crippen LogP contribution in [0.5, 0.6) is 0 Å². The number of aryl methyl sites for hydroxylation is 1. The van der Waals surface area contributed by atoms with Gasteiger partial charge in [-0.3, -0.25) is 4.90 Å². The molecule has 2 aromatic rings. The molecule has 94 valence electrons. The number of nitrogens with zero attached hydrogens (tertiary/aromatic N) is 3. The number of carbonyl (C=O) groups excluding carboxylic acids is 1. The van der Waals surface area contributed by atoms with Crippen molar-refractivity contribution in [2.24, 2.45) is 0 Å². The molecule has 2 rings (SSSR count). The van der Waals surface area contributed by atoms with Crippen molar-refractivity contribution in [1.29, 1.82) is 0 Å². The zero-order valence-electron chi connectivity index (χ0n) is 10.0. The van der Waals surface area contributed by atoms with E-state index in [-0.39, 0.29) is 5.28 Å². The van der Waals surface area contributed by atoms with Gasteiger partial charge < -0.3 is 4.84 Å². The molecule has 1 aromatic heterocycles. The molecule has 0 bridgehead atoms. The molecule has 0 fully saturated rings. The zero-order chi connectivity index (χ0) is 13.1. The summed E-state index contributed by atoms with van der Waals surface area (Å²) in [4.78, 5) is 22.1. The van der Waals surface area contributed by atoms with E-state index in [1.165, 1.54) is 17.3 Å². The molecule has 6 heteroatoms. The van der Waals surface area contributed by atoms with Crippen molar-refractivity contribution in [3.63, 3.8) is 0 Å². The molecule has 1 amide bonds. The highest BCUT2D eigenvalue weighted by Gasteiger charge is 2.16. The SMILES string of the molecule is Cc1ccccc1N(C)C(=O)On1ccnc1Cl. The zero-order valence-corrected chi connectivity index (χ0v) is 10.8. The fourth-order valence-corrected chi connectivity index (χ4v) is 1.67. The number of hydrogen-bond donors (Lipinski definition) is 0. The van der Waals surface area contributed by atoms with Gasteiger partial charge in [-0.25, -0.2) is 9.78 Å². The predicted octanol–water partition coefficient (Wildman–Crippen LogP) is 2.53. The molecule has 1 heterocycles. The average molecular weight is 266 g/mol. The van der Waals surface area contributed by atoms with Crippen molar-refractivity contribution < 1.29 is 9.63 Å². The third kappa shape index (κ3) is 2.46. The molecule has 1 aromatic carbocycles. The van der Waals surface area contributed by atoms with Crippen molar-refractivity contribution in [2.75, 3.05) is 11.9 Å². The number of hydrogen-bond acceptors (Lipinski definition) is 3. The Balaban J connectivity index is 2.15. The molecule has 5 nitrogen and oxygen atoms in total. The molecule has 0 saturated heterocycles. The van der Waals surface area contributed by atoms with Gasteiger partial charge in [-0.05, 0) is 30.2 Å². The van der Waals surface area contributed by atoms with Crippen molar-refractivity contribution in [3.05, 3.63) is 47.5 Å². The molecular formula is C12H12ClN3O2. The van der Waals surface area contributed by atoms with Crippen molar-refractivity contribution >= 4 is 23.4 Å². The largest absolute Gasteiger partial charge is 0.438 e. The number of anilines is 1. The summed E-state index contributed by atoms with van der Waals surface area (Å²) in [7, 11) is 1.63. The Hall–Kier alpha value is -2.01. The van der Waals surface area contributed by atoms with Crippen LogP contribution in [0.4, 0.5) is 10.5 Å². The maximum atomic E-state index is 11.9. The molecule has 0 spiro atoms. The van der Waals surface area contributed by atoms with E-state index in [4.69, 9.17) is 16.4 Å². The molecule has 0 atom stereocenters. The van der Waals surface area contributed by atoms with Gasteiger partial charge in [-0.1, -0.05) is 18.2 Å². The summed E-state index contributed by atoms with van der Waals surface area (Å²) in [6.45, 7) is 1.92. The Bertz CT molecular complexity index is 568. The van der Waals surface area contributed by atoms with Crippen LogP contribution in [0.15, 0.2) is 36.7 Å². The van der Waals surface area contributed by atoms with Crippen LogP contribution in [0.1, 0.15) is 5.56 Å². The minimum Gasteiger partial charge on any atom is -0.314 e. The lowest BCUT2D eigenvalue weighted by Gasteiger charge is -2.18. The number of benzene rings is 1. The van der Waals surface area contributed by atoms with Crippen molar-refractivity contribution in [2.45, 2.75) is 6.92 Å². The van der Waals surface area contributed by atoms with Gasteiger partial charge in [0.1, 0.15) is 0 Å². The highest BCUT2D eigenvalue weighted by molar-refractivity contribution is 6.28. The van der Waals surface area contributed by atoms with E-state index in [1.807, 2.05) is 31.2 Å². The van der Waals surface area contributed by atoms with E-state index in [1.54, 1.807) is 7.05 Å². The summed E-state index contributed by atoms with van der Waals surface area (Å²) in [5, 5.41) is 0.0986. The van der Waals surface area contributed by atoms with Gasteiger partial charge in [0.05, 0.1) is 12.4 Å². The minimum absolute atomic E-state index is 0.0986. The number of para-hydroxylation sites is 1. The Morgan fingerprint density at radius 1 is 1.44 bits per heavy atom. The average Bonchev–Trinajstić information content (AvgIpc) is 2.75. The van der Waals surface area contributed by atoms with E-state index < -0.39 is 6.09 Å². The number of aromatic nitrogens is 2. The molecular weight excluding hydrogens is 254 g/mol. The lowest BCUT2D eigenvalue weighted by Crippen LogP contribution is -2.34. The predicted molar refractivity (Wildman–Crippen MR) is 68.8 cm³/mol. The summed E-state index contributed by atoms with van der Waals surface area (Å²) >= 11 is 5.72. The first-order valence-electron chi connectivity index (χ1n) is 5.30. The first kappa shape index (κ1) is 12.4. The first-order valence-corrected chi connectivity index (χ1v) is 5.68. The topological polar surface area (TPSA) is 47.4 Å². The highest BCUT2D eigenvalue weighted by Crippen LogP contribution is 2.18. The fourth-order valence-electron chi connectivity index (χ4n) is 1.53. The number of halogens is 1. The molecule has 0 saturated carbocycles. The number of carbonyl (C=O) groups is 1. The summed E-state index contributed by atoms with van der Waals surface area (Å²) in [5.41, 5.74) is 1.76. The first-order chi connectivity index (χ1) is 8.59. The smallest absolute Gasteiger partial charge is 0.314 e. The normalized spacial score (nSPS) is 10.2. The highest BCUT2D eigenvalue weighted by atomic mass is 35.5. The van der Waals surface area contributed by atoms with Gasteiger partial charge in [-0.2, -0.15) is 0 Å². The van der Waals surface area contributed by atoms with Gasteiger partial charge in [0.15, 0.2) is 0 Å². The second kappa shape index (κ2) is 5.10. The number of imidazole rings is 1. The second-order valence-corrected chi connectivity index (χ2v) is 4.06. The van der Waals surface area contributed by atoms with Crippen molar-refractivity contribution in [3.8, 4) is 0 Å². The van der Waals surface area contributed by atoms with Gasteiger partial charge in [-0.15, -0.1) is 4.73 Å². The second-order valence-electron chi connectivity index (χ2n) is 3.72. The summed E-state index contributed by atoms with van der Waals surface area (Å²) in [5.74, 6) is 0. The maximum Gasteiger partial charge on any atom is 0.438 e. The molecule has 18 heavy (non-hydrogen) atoms. The van der Waals surface area contributed by atoms with Crippen LogP contribution in [0.25, 0.3) is 0 Å². The summed E-state index contributed by atoms with van der Waals surface area (Å²) in [6, 6.07) is 7.52. The minimum atomic E-state index is -0.538. The monoisotopic (exact) mass is 265 g/mol. The Morgan fingerprint density at radius 2 is 2.17 bits per heavy atom. The van der Waals surface area contributed by atoms with Gasteiger partial charge >= 0.3 is 6.09 Å². The van der Waals surface area contributed by atoms with Gasteiger partial charge in [0, 0.05) is 12.7 Å². The molecule has 0 aliphatic carbocycles.